The van der Waals surface area contributed by atoms with E-state index in [-0.39, 0.29) is 15.6 Å². The Bertz CT molecular complexity index is 1070. The number of nitrogens with zero attached hydrogens (tertiary/aromatic N) is 2. The molecule has 27 heavy (non-hydrogen) atoms. The van der Waals surface area contributed by atoms with Gasteiger partial charge in [0.25, 0.3) is 0 Å². The minimum absolute atomic E-state index is 0.129. The van der Waals surface area contributed by atoms with Crippen molar-refractivity contribution in [1.29, 1.82) is 0 Å². The molecule has 2 heterocycles. The Labute approximate surface area is 157 Å². The molecule has 0 radical (unpaired) electrons. The molecule has 0 aliphatic carbocycles. The smallest absolute Gasteiger partial charge is 0.408 e. The Morgan fingerprint density at radius 2 is 1.81 bits per heavy atom. The molecule has 0 saturated heterocycles. The van der Waals surface area contributed by atoms with Crippen molar-refractivity contribution in [2.24, 2.45) is 0 Å². The van der Waals surface area contributed by atoms with Crippen LogP contribution in [0.15, 0.2) is 53.7 Å². The lowest BCUT2D eigenvalue weighted by molar-refractivity contribution is -0.153. The molecule has 3 rings (SSSR count). The molecule has 6 nitrogen and oxygen atoms in total. The molecule has 0 spiro atoms. The van der Waals surface area contributed by atoms with Gasteiger partial charge in [-0.25, -0.2) is 13.4 Å². The highest BCUT2D eigenvalue weighted by Gasteiger charge is 2.43. The van der Waals surface area contributed by atoms with Gasteiger partial charge in [0.2, 0.25) is 10.0 Å². The lowest BCUT2D eigenvalue weighted by Crippen LogP contribution is -2.38. The topological polar surface area (TPSA) is 72.7 Å². The molecular formula is C16H13ClF3N3O3S. The Balaban J connectivity index is 1.97. The lowest BCUT2D eigenvalue weighted by atomic mass is 10.1. The Kier molecular flexibility index (Phi) is 5.06. The number of hydrogen-bond donors (Lipinski definition) is 1. The molecule has 3 aromatic rings. The maximum absolute atomic E-state index is 13.5. The molecular weight excluding hydrogens is 407 g/mol. The fourth-order valence-corrected chi connectivity index (χ4v) is 3.85. The summed E-state index contributed by atoms with van der Waals surface area (Å²) in [6.45, 7) is 0. The Hall–Kier alpha value is -2.30. The number of sulfonamides is 1. The monoisotopic (exact) mass is 419 g/mol. The van der Waals surface area contributed by atoms with Gasteiger partial charge >= 0.3 is 6.18 Å². The summed E-state index contributed by atoms with van der Waals surface area (Å²) in [5.74, 6) is 0.352. The van der Waals surface area contributed by atoms with Gasteiger partial charge in [0.05, 0.1) is 12.0 Å². The molecule has 0 amide bonds. The first-order valence-corrected chi connectivity index (χ1v) is 9.33. The normalized spacial score (nSPS) is 13.7. The zero-order valence-corrected chi connectivity index (χ0v) is 15.3. The predicted octanol–water partition coefficient (Wildman–Crippen LogP) is 3.58. The van der Waals surface area contributed by atoms with Gasteiger partial charge in [-0.1, -0.05) is 23.7 Å². The van der Waals surface area contributed by atoms with E-state index in [2.05, 4.69) is 4.98 Å². The van der Waals surface area contributed by atoms with Crippen LogP contribution in [0, 0.1) is 0 Å². The fourth-order valence-electron chi connectivity index (χ4n) is 2.44. The number of halogens is 4. The number of benzene rings is 1. The Morgan fingerprint density at radius 3 is 2.41 bits per heavy atom. The number of fused-ring (bicyclic) bond motifs is 1. The molecule has 0 saturated carbocycles. The average molecular weight is 420 g/mol. The minimum Gasteiger partial charge on any atom is -0.497 e. The highest BCUT2D eigenvalue weighted by molar-refractivity contribution is 7.89. The largest absolute Gasteiger partial charge is 0.497 e. The number of hydrogen-bond acceptors (Lipinski definition) is 4. The summed E-state index contributed by atoms with van der Waals surface area (Å²) in [7, 11) is -3.11. The highest BCUT2D eigenvalue weighted by Crippen LogP contribution is 2.34. The summed E-state index contributed by atoms with van der Waals surface area (Å²) in [6.07, 6.45) is -2.36. The van der Waals surface area contributed by atoms with Gasteiger partial charge in [-0.15, -0.1) is 0 Å². The summed E-state index contributed by atoms with van der Waals surface area (Å²) in [5, 5.41) is 0.129. The van der Waals surface area contributed by atoms with Gasteiger partial charge in [-0.3, -0.25) is 0 Å². The van der Waals surface area contributed by atoms with Gasteiger partial charge in [0, 0.05) is 12.4 Å². The maximum atomic E-state index is 13.5. The molecule has 1 N–H and O–H groups in total. The second-order valence-corrected chi connectivity index (χ2v) is 7.66. The van der Waals surface area contributed by atoms with Crippen molar-refractivity contribution in [3.63, 3.8) is 0 Å². The first kappa shape index (κ1) is 19.5. The Morgan fingerprint density at radius 1 is 1.15 bits per heavy atom. The molecule has 0 aliphatic heterocycles. The maximum Gasteiger partial charge on any atom is 0.408 e. The zero-order chi connectivity index (χ0) is 19.8. The van der Waals surface area contributed by atoms with Crippen molar-refractivity contribution in [2.75, 3.05) is 7.11 Å². The summed E-state index contributed by atoms with van der Waals surface area (Å²) in [4.78, 5) is 3.57. The van der Waals surface area contributed by atoms with E-state index in [0.29, 0.717) is 11.4 Å². The van der Waals surface area contributed by atoms with Crippen LogP contribution >= 0.6 is 11.6 Å². The summed E-state index contributed by atoms with van der Waals surface area (Å²) >= 11 is 5.74. The predicted molar refractivity (Wildman–Crippen MR) is 92.3 cm³/mol. The van der Waals surface area contributed by atoms with Crippen molar-refractivity contribution in [2.45, 2.75) is 17.1 Å². The molecule has 144 valence electrons. The van der Waals surface area contributed by atoms with E-state index in [1.54, 1.807) is 4.72 Å². The number of ether oxygens (including phenoxy) is 1. The second-order valence-electron chi connectivity index (χ2n) is 5.56. The van der Waals surface area contributed by atoms with Gasteiger partial charge < -0.3 is 9.14 Å². The SMILES string of the molecule is COc1ccc([C@@H](NS(=O)(=O)c2ccc3nc(Cl)cn3c2)C(F)(F)F)cc1. The van der Waals surface area contributed by atoms with E-state index in [0.717, 1.165) is 24.4 Å². The highest BCUT2D eigenvalue weighted by atomic mass is 35.5. The second kappa shape index (κ2) is 7.02. The summed E-state index contributed by atoms with van der Waals surface area (Å²) < 4.78 is 73.5. The van der Waals surface area contributed by atoms with Crippen molar-refractivity contribution in [3.8, 4) is 5.75 Å². The van der Waals surface area contributed by atoms with Crippen LogP contribution in [0.25, 0.3) is 5.65 Å². The fraction of sp³-hybridized carbons (Fsp3) is 0.188. The van der Waals surface area contributed by atoms with Crippen LogP contribution in [0.5, 0.6) is 5.75 Å². The van der Waals surface area contributed by atoms with Crippen LogP contribution in [0.2, 0.25) is 5.15 Å². The van der Waals surface area contributed by atoms with Crippen LogP contribution < -0.4 is 9.46 Å². The third-order valence-electron chi connectivity index (χ3n) is 3.75. The summed E-state index contributed by atoms with van der Waals surface area (Å²) in [5.41, 5.74) is 0.0973. The number of alkyl halides is 3. The van der Waals surface area contributed by atoms with E-state index in [1.807, 2.05) is 0 Å². The van der Waals surface area contributed by atoms with E-state index in [1.165, 1.54) is 35.9 Å². The van der Waals surface area contributed by atoms with Crippen LogP contribution in [-0.2, 0) is 10.0 Å². The van der Waals surface area contributed by atoms with Gasteiger partial charge in [-0.2, -0.15) is 17.9 Å². The average Bonchev–Trinajstić information content (AvgIpc) is 2.98. The van der Waals surface area contributed by atoms with Crippen LogP contribution in [0.4, 0.5) is 13.2 Å². The van der Waals surface area contributed by atoms with Crippen LogP contribution in [0.1, 0.15) is 11.6 Å². The van der Waals surface area contributed by atoms with Crippen LogP contribution in [-0.4, -0.2) is 31.1 Å². The van der Waals surface area contributed by atoms with Crippen molar-refractivity contribution < 1.29 is 26.3 Å². The van der Waals surface area contributed by atoms with E-state index < -0.39 is 22.2 Å². The third kappa shape index (κ3) is 4.18. The zero-order valence-electron chi connectivity index (χ0n) is 13.7. The molecule has 0 fully saturated rings. The van der Waals surface area contributed by atoms with Gasteiger partial charge in [0.15, 0.2) is 0 Å². The third-order valence-corrected chi connectivity index (χ3v) is 5.34. The van der Waals surface area contributed by atoms with E-state index in [4.69, 9.17) is 16.3 Å². The quantitative estimate of drug-likeness (QED) is 0.686. The number of imidazole rings is 1. The first-order valence-electron chi connectivity index (χ1n) is 7.47. The number of pyridine rings is 1. The van der Waals surface area contributed by atoms with Crippen LogP contribution in [0.3, 0.4) is 0 Å². The number of nitrogens with one attached hydrogen (secondary N) is 1. The number of methoxy groups -OCH3 is 1. The lowest BCUT2D eigenvalue weighted by Gasteiger charge is -2.22. The van der Waals surface area contributed by atoms with Crippen molar-refractivity contribution >= 4 is 27.3 Å². The molecule has 0 bridgehead atoms. The first-order chi connectivity index (χ1) is 12.6. The number of aromatic nitrogens is 2. The molecule has 1 aromatic carbocycles. The molecule has 1 atom stereocenters. The van der Waals surface area contributed by atoms with E-state index in [9.17, 15) is 21.6 Å². The van der Waals surface area contributed by atoms with Gasteiger partial charge in [0.1, 0.15) is 22.6 Å². The number of rotatable bonds is 5. The molecule has 0 aliphatic rings. The minimum atomic E-state index is -4.84. The molecule has 0 unspecified atom stereocenters. The van der Waals surface area contributed by atoms with Crippen molar-refractivity contribution in [1.82, 2.24) is 14.1 Å². The van der Waals surface area contributed by atoms with Gasteiger partial charge in [-0.05, 0) is 29.8 Å². The van der Waals surface area contributed by atoms with Crippen molar-refractivity contribution in [3.05, 3.63) is 59.5 Å². The standard InChI is InChI=1S/C16H13ClF3N3O3S/c1-26-11-4-2-10(3-5-11)15(16(18,19)20)22-27(24,25)12-6-7-14-21-13(17)9-23(14)8-12/h2-9,15,22H,1H3/t15-/m1/s1. The molecule has 2 aromatic heterocycles. The molecule has 11 heteroatoms. The van der Waals surface area contributed by atoms with E-state index >= 15 is 0 Å². The summed E-state index contributed by atoms with van der Waals surface area (Å²) in [6, 6.07) is 5.02.